The largest absolute Gasteiger partial charge is 0.383 e. The van der Waals surface area contributed by atoms with Gasteiger partial charge in [0.25, 0.3) is 5.91 Å². The summed E-state index contributed by atoms with van der Waals surface area (Å²) in [7, 11) is 0. The average molecular weight is 433 g/mol. The molecule has 156 valence electrons. The Labute approximate surface area is 185 Å². The molecule has 1 aliphatic heterocycles. The fraction of sp³-hybridized carbons (Fsp3) is 0.208. The SMILES string of the molecule is Cc1cccc(C2C(C#N)=C(N)N(NC(=O)c3ccc(Cl)cc3)C3=C2C(=O)CCC3)c1. The molecule has 3 N–H and O–H groups in total. The van der Waals surface area contributed by atoms with E-state index in [9.17, 15) is 14.9 Å². The van der Waals surface area contributed by atoms with Gasteiger partial charge in [-0.1, -0.05) is 41.4 Å². The first-order chi connectivity index (χ1) is 14.9. The summed E-state index contributed by atoms with van der Waals surface area (Å²) in [6, 6.07) is 16.3. The van der Waals surface area contributed by atoms with Crippen molar-refractivity contribution in [1.82, 2.24) is 10.4 Å². The van der Waals surface area contributed by atoms with Crippen molar-refractivity contribution in [2.45, 2.75) is 32.1 Å². The predicted octanol–water partition coefficient (Wildman–Crippen LogP) is 4.09. The van der Waals surface area contributed by atoms with Gasteiger partial charge in [-0.3, -0.25) is 15.0 Å². The van der Waals surface area contributed by atoms with E-state index in [0.717, 1.165) is 11.1 Å². The van der Waals surface area contributed by atoms with Gasteiger partial charge in [0.15, 0.2) is 5.78 Å². The molecule has 4 rings (SSSR count). The number of hydrogen-bond acceptors (Lipinski definition) is 5. The molecule has 0 aromatic heterocycles. The van der Waals surface area contributed by atoms with Crippen LogP contribution in [0, 0.1) is 18.3 Å². The Hall–Kier alpha value is -3.56. The van der Waals surface area contributed by atoms with E-state index in [0.29, 0.717) is 41.1 Å². The van der Waals surface area contributed by atoms with Crippen molar-refractivity contribution < 1.29 is 9.59 Å². The number of aryl methyl sites for hydroxylation is 1. The number of nitrogens with zero attached hydrogens (tertiary/aromatic N) is 2. The highest BCUT2D eigenvalue weighted by molar-refractivity contribution is 6.30. The maximum atomic E-state index is 13.0. The first-order valence-corrected chi connectivity index (χ1v) is 10.4. The van der Waals surface area contributed by atoms with Crippen molar-refractivity contribution in [3.05, 3.63) is 92.9 Å². The highest BCUT2D eigenvalue weighted by Gasteiger charge is 2.40. The van der Waals surface area contributed by atoms with Gasteiger partial charge in [0, 0.05) is 28.3 Å². The molecule has 0 spiro atoms. The molecule has 7 heteroatoms. The minimum Gasteiger partial charge on any atom is -0.383 e. The van der Waals surface area contributed by atoms with Crippen LogP contribution in [0.4, 0.5) is 0 Å². The number of carbonyl (C=O) groups excluding carboxylic acids is 2. The summed E-state index contributed by atoms with van der Waals surface area (Å²) in [6.07, 6.45) is 1.63. The van der Waals surface area contributed by atoms with Gasteiger partial charge in [-0.2, -0.15) is 5.26 Å². The molecule has 1 aliphatic carbocycles. The molecular weight excluding hydrogens is 412 g/mol. The number of halogens is 1. The molecule has 0 radical (unpaired) electrons. The number of benzene rings is 2. The highest BCUT2D eigenvalue weighted by Crippen LogP contribution is 2.44. The Morgan fingerprint density at radius 1 is 1.23 bits per heavy atom. The first kappa shape index (κ1) is 20.7. The van der Waals surface area contributed by atoms with Crippen LogP contribution in [0.1, 0.15) is 46.7 Å². The lowest BCUT2D eigenvalue weighted by atomic mass is 9.76. The van der Waals surface area contributed by atoms with Crippen molar-refractivity contribution in [2.24, 2.45) is 5.73 Å². The second-order valence-electron chi connectivity index (χ2n) is 7.68. The number of ketones is 1. The minimum absolute atomic E-state index is 0.0289. The number of carbonyl (C=O) groups is 2. The molecule has 0 saturated heterocycles. The average Bonchev–Trinajstić information content (AvgIpc) is 2.75. The van der Waals surface area contributed by atoms with Crippen molar-refractivity contribution in [2.75, 3.05) is 0 Å². The summed E-state index contributed by atoms with van der Waals surface area (Å²) >= 11 is 5.91. The smallest absolute Gasteiger partial charge is 0.270 e. The van der Waals surface area contributed by atoms with Crippen LogP contribution in [-0.4, -0.2) is 16.7 Å². The van der Waals surface area contributed by atoms with Crippen LogP contribution in [-0.2, 0) is 4.79 Å². The standard InChI is InChI=1S/C24H21ClN4O2/c1-14-4-2-5-16(12-14)21-18(13-26)23(27)29(19-6-3-7-20(30)22(19)21)28-24(31)15-8-10-17(25)11-9-15/h2,4-5,8-12,21H,3,6-7,27H2,1H3,(H,28,31). The zero-order valence-corrected chi connectivity index (χ0v) is 17.7. The number of hydrogen-bond donors (Lipinski definition) is 2. The normalized spacial score (nSPS) is 18.5. The lowest BCUT2D eigenvalue weighted by Gasteiger charge is -2.39. The number of allylic oxidation sites excluding steroid dienone is 3. The monoisotopic (exact) mass is 432 g/mol. The third-order valence-electron chi connectivity index (χ3n) is 5.61. The van der Waals surface area contributed by atoms with Crippen LogP contribution >= 0.6 is 11.6 Å². The van der Waals surface area contributed by atoms with Crippen LogP contribution in [0.15, 0.2) is 71.2 Å². The number of nitriles is 1. The third-order valence-corrected chi connectivity index (χ3v) is 5.86. The summed E-state index contributed by atoms with van der Waals surface area (Å²) in [6.45, 7) is 1.96. The van der Waals surface area contributed by atoms with Gasteiger partial charge >= 0.3 is 0 Å². The summed E-state index contributed by atoms with van der Waals surface area (Å²) in [5, 5.41) is 11.9. The fourth-order valence-electron chi connectivity index (χ4n) is 4.16. The van der Waals surface area contributed by atoms with E-state index < -0.39 is 11.8 Å². The maximum absolute atomic E-state index is 13.0. The van der Waals surface area contributed by atoms with Gasteiger partial charge in [-0.15, -0.1) is 0 Å². The van der Waals surface area contributed by atoms with E-state index in [1.807, 2.05) is 31.2 Å². The second kappa shape index (κ2) is 8.29. The molecule has 0 fully saturated rings. The van der Waals surface area contributed by atoms with Crippen molar-refractivity contribution in [1.29, 1.82) is 5.26 Å². The first-order valence-electron chi connectivity index (χ1n) is 10.00. The van der Waals surface area contributed by atoms with Gasteiger partial charge in [0.1, 0.15) is 5.82 Å². The summed E-state index contributed by atoms with van der Waals surface area (Å²) in [5.41, 5.74) is 12.9. The molecule has 1 atom stereocenters. The summed E-state index contributed by atoms with van der Waals surface area (Å²) < 4.78 is 0. The Bertz CT molecular complexity index is 1170. The van der Waals surface area contributed by atoms with E-state index in [4.69, 9.17) is 17.3 Å². The zero-order valence-electron chi connectivity index (χ0n) is 17.0. The quantitative estimate of drug-likeness (QED) is 0.760. The summed E-state index contributed by atoms with van der Waals surface area (Å²) in [5.74, 6) is -0.851. The second-order valence-corrected chi connectivity index (χ2v) is 8.11. The molecule has 6 nitrogen and oxygen atoms in total. The van der Waals surface area contributed by atoms with Gasteiger partial charge < -0.3 is 5.73 Å². The highest BCUT2D eigenvalue weighted by atomic mass is 35.5. The summed E-state index contributed by atoms with van der Waals surface area (Å²) in [4.78, 5) is 25.9. The zero-order chi connectivity index (χ0) is 22.1. The van der Waals surface area contributed by atoms with Gasteiger partial charge in [0.05, 0.1) is 17.6 Å². The molecule has 31 heavy (non-hydrogen) atoms. The molecule has 2 aromatic rings. The number of nitrogens with one attached hydrogen (secondary N) is 1. The Morgan fingerprint density at radius 2 is 1.97 bits per heavy atom. The fourth-order valence-corrected chi connectivity index (χ4v) is 4.29. The van der Waals surface area contributed by atoms with Crippen molar-refractivity contribution >= 4 is 23.3 Å². The maximum Gasteiger partial charge on any atom is 0.270 e. The van der Waals surface area contributed by atoms with E-state index in [2.05, 4.69) is 11.5 Å². The predicted molar refractivity (Wildman–Crippen MR) is 117 cm³/mol. The Kier molecular flexibility index (Phi) is 5.53. The van der Waals surface area contributed by atoms with Crippen LogP contribution in [0.3, 0.4) is 0 Å². The molecule has 2 aliphatic rings. The number of rotatable bonds is 3. The number of nitrogens with two attached hydrogens (primary N) is 1. The van der Waals surface area contributed by atoms with E-state index >= 15 is 0 Å². The number of amides is 1. The topological polar surface area (TPSA) is 99.2 Å². The molecule has 1 heterocycles. The Morgan fingerprint density at radius 3 is 2.65 bits per heavy atom. The van der Waals surface area contributed by atoms with Gasteiger partial charge in [-0.05, 0) is 49.6 Å². The lowest BCUT2D eigenvalue weighted by molar-refractivity contribution is -0.116. The third kappa shape index (κ3) is 3.80. The lowest BCUT2D eigenvalue weighted by Crippen LogP contribution is -2.48. The van der Waals surface area contributed by atoms with E-state index in [1.54, 1.807) is 24.3 Å². The molecule has 1 unspecified atom stereocenters. The van der Waals surface area contributed by atoms with Crippen molar-refractivity contribution in [3.8, 4) is 6.07 Å². The van der Waals surface area contributed by atoms with Crippen molar-refractivity contribution in [3.63, 3.8) is 0 Å². The molecule has 0 bridgehead atoms. The Balaban J connectivity index is 1.81. The molecular formula is C24H21ClN4O2. The number of Topliss-reactive ketones (excluding diaryl/α,β-unsaturated/α-hetero) is 1. The molecule has 2 aromatic carbocycles. The van der Waals surface area contributed by atoms with Gasteiger partial charge in [0.2, 0.25) is 0 Å². The molecule has 0 saturated carbocycles. The van der Waals surface area contributed by atoms with Crippen LogP contribution in [0.2, 0.25) is 5.02 Å². The van der Waals surface area contributed by atoms with Gasteiger partial charge in [-0.25, -0.2) is 5.01 Å². The number of hydrazine groups is 1. The van der Waals surface area contributed by atoms with Crippen LogP contribution in [0.25, 0.3) is 0 Å². The minimum atomic E-state index is -0.545. The van der Waals surface area contributed by atoms with Crippen LogP contribution < -0.4 is 11.2 Å². The van der Waals surface area contributed by atoms with E-state index in [1.165, 1.54) is 5.01 Å². The molecule has 1 amide bonds. The van der Waals surface area contributed by atoms with E-state index in [-0.39, 0.29) is 17.2 Å². The van der Waals surface area contributed by atoms with Crippen LogP contribution in [0.5, 0.6) is 0 Å².